The van der Waals surface area contributed by atoms with E-state index in [4.69, 9.17) is 4.52 Å². The fraction of sp³-hybridized carbons (Fsp3) is 0.444. The predicted molar refractivity (Wildman–Crippen MR) is 101 cm³/mol. The normalized spacial score (nSPS) is 12.2. The Balaban J connectivity index is 1.82. The van der Waals surface area contributed by atoms with Crippen molar-refractivity contribution >= 4 is 21.7 Å². The SMILES string of the molecule is Cc1cc(NC(=O)CNS(=O)(=O)CCc2ccc(C(C)(C)C)cc2)no1. The molecule has 142 valence electrons. The summed E-state index contributed by atoms with van der Waals surface area (Å²) in [5.74, 6) is 0.221. The van der Waals surface area contributed by atoms with Crippen molar-refractivity contribution in [3.63, 3.8) is 0 Å². The number of nitrogens with one attached hydrogen (secondary N) is 2. The second-order valence-corrected chi connectivity index (χ2v) is 9.13. The molecule has 0 aliphatic heterocycles. The molecule has 0 unspecified atom stereocenters. The fourth-order valence-corrected chi connectivity index (χ4v) is 3.28. The lowest BCUT2D eigenvalue weighted by Crippen LogP contribution is -2.34. The third-order valence-corrected chi connectivity index (χ3v) is 5.15. The van der Waals surface area contributed by atoms with Crippen molar-refractivity contribution in [1.29, 1.82) is 0 Å². The smallest absolute Gasteiger partial charge is 0.240 e. The number of carbonyl (C=O) groups is 1. The lowest BCUT2D eigenvalue weighted by atomic mass is 9.86. The summed E-state index contributed by atoms with van der Waals surface area (Å²) in [6.45, 7) is 7.72. The van der Waals surface area contributed by atoms with E-state index in [1.807, 2.05) is 24.3 Å². The van der Waals surface area contributed by atoms with Crippen molar-refractivity contribution in [2.45, 2.75) is 39.5 Å². The summed E-state index contributed by atoms with van der Waals surface area (Å²) < 4.78 is 31.2. The van der Waals surface area contributed by atoms with Crippen molar-refractivity contribution in [3.05, 3.63) is 47.2 Å². The molecule has 0 radical (unpaired) electrons. The minimum Gasteiger partial charge on any atom is -0.360 e. The lowest BCUT2D eigenvalue weighted by molar-refractivity contribution is -0.115. The van der Waals surface area contributed by atoms with Crippen LogP contribution in [0.4, 0.5) is 5.82 Å². The van der Waals surface area contributed by atoms with Crippen LogP contribution in [0, 0.1) is 6.92 Å². The number of aryl methyl sites for hydroxylation is 2. The zero-order valence-electron chi connectivity index (χ0n) is 15.5. The molecule has 1 aromatic carbocycles. The number of nitrogens with zero attached hydrogens (tertiary/aromatic N) is 1. The zero-order valence-corrected chi connectivity index (χ0v) is 16.3. The number of rotatable bonds is 7. The van der Waals surface area contributed by atoms with Crippen molar-refractivity contribution in [3.8, 4) is 0 Å². The van der Waals surface area contributed by atoms with Gasteiger partial charge in [0.1, 0.15) is 5.76 Å². The summed E-state index contributed by atoms with van der Waals surface area (Å²) in [4.78, 5) is 11.8. The van der Waals surface area contributed by atoms with Crippen molar-refractivity contribution in [1.82, 2.24) is 9.88 Å². The highest BCUT2D eigenvalue weighted by molar-refractivity contribution is 7.89. The standard InChI is InChI=1S/C18H25N3O4S/c1-13-11-16(21-25-13)20-17(22)12-19-26(23,24)10-9-14-5-7-15(8-6-14)18(2,3)4/h5-8,11,19H,9-10,12H2,1-4H3,(H,20,21,22). The van der Waals surface area contributed by atoms with Crippen LogP contribution >= 0.6 is 0 Å². The average molecular weight is 379 g/mol. The van der Waals surface area contributed by atoms with Crippen LogP contribution in [0.2, 0.25) is 0 Å². The van der Waals surface area contributed by atoms with E-state index < -0.39 is 15.9 Å². The Morgan fingerprint density at radius 1 is 1.19 bits per heavy atom. The van der Waals surface area contributed by atoms with E-state index in [9.17, 15) is 13.2 Å². The van der Waals surface area contributed by atoms with Crippen LogP contribution in [0.1, 0.15) is 37.7 Å². The maximum atomic E-state index is 12.1. The number of hydrogen-bond acceptors (Lipinski definition) is 5. The highest BCUT2D eigenvalue weighted by Crippen LogP contribution is 2.22. The van der Waals surface area contributed by atoms with Gasteiger partial charge in [-0.25, -0.2) is 13.1 Å². The predicted octanol–water partition coefficient (Wildman–Crippen LogP) is 2.38. The molecule has 0 aliphatic carbocycles. The van der Waals surface area contributed by atoms with Gasteiger partial charge >= 0.3 is 0 Å². The Kier molecular flexibility index (Phi) is 6.20. The van der Waals surface area contributed by atoms with E-state index >= 15 is 0 Å². The summed E-state index contributed by atoms with van der Waals surface area (Å²) in [5.41, 5.74) is 2.19. The molecule has 0 fully saturated rings. The third kappa shape index (κ3) is 6.27. The van der Waals surface area contributed by atoms with E-state index in [0.29, 0.717) is 12.2 Å². The van der Waals surface area contributed by atoms with Crippen LogP contribution in [0.25, 0.3) is 0 Å². The molecule has 1 amide bonds. The van der Waals surface area contributed by atoms with Gasteiger partial charge in [-0.3, -0.25) is 4.79 Å². The van der Waals surface area contributed by atoms with Gasteiger partial charge in [0.05, 0.1) is 12.3 Å². The van der Waals surface area contributed by atoms with Crippen molar-refractivity contribution in [2.24, 2.45) is 0 Å². The largest absolute Gasteiger partial charge is 0.360 e. The molecule has 0 spiro atoms. The van der Waals surface area contributed by atoms with E-state index in [1.54, 1.807) is 13.0 Å². The first-order chi connectivity index (χ1) is 12.0. The molecular weight excluding hydrogens is 354 g/mol. The van der Waals surface area contributed by atoms with Crippen LogP contribution in [-0.4, -0.2) is 31.8 Å². The molecule has 1 aromatic heterocycles. The average Bonchev–Trinajstić information content (AvgIpc) is 2.96. The Morgan fingerprint density at radius 3 is 2.38 bits per heavy atom. The van der Waals surface area contributed by atoms with Gasteiger partial charge in [-0.2, -0.15) is 0 Å². The third-order valence-electron chi connectivity index (χ3n) is 3.83. The molecule has 0 bridgehead atoms. The molecule has 2 rings (SSSR count). The summed E-state index contributed by atoms with van der Waals surface area (Å²) in [5, 5.41) is 6.07. The van der Waals surface area contributed by atoms with Crippen molar-refractivity contribution < 1.29 is 17.7 Å². The number of hydrogen-bond donors (Lipinski definition) is 2. The molecule has 0 atom stereocenters. The Bertz CT molecular complexity index is 849. The lowest BCUT2D eigenvalue weighted by Gasteiger charge is -2.19. The summed E-state index contributed by atoms with van der Waals surface area (Å²) in [6.07, 6.45) is 0.379. The van der Waals surface area contributed by atoms with Crippen LogP contribution in [0.5, 0.6) is 0 Å². The summed E-state index contributed by atoms with van der Waals surface area (Å²) in [6, 6.07) is 9.46. The molecule has 2 N–H and O–H groups in total. The Hall–Kier alpha value is -2.19. The molecule has 7 nitrogen and oxygen atoms in total. The van der Waals surface area contributed by atoms with Gasteiger partial charge in [0.25, 0.3) is 0 Å². The Morgan fingerprint density at radius 2 is 1.85 bits per heavy atom. The molecule has 0 saturated carbocycles. The first-order valence-corrected chi connectivity index (χ1v) is 10.0. The Labute approximate surface area is 154 Å². The minimum absolute atomic E-state index is 0.0574. The molecular formula is C18H25N3O4S. The molecule has 0 saturated heterocycles. The number of aromatic nitrogens is 1. The van der Waals surface area contributed by atoms with Gasteiger partial charge < -0.3 is 9.84 Å². The van der Waals surface area contributed by atoms with E-state index in [0.717, 1.165) is 5.56 Å². The van der Waals surface area contributed by atoms with Crippen LogP contribution in [0.3, 0.4) is 0 Å². The fourth-order valence-electron chi connectivity index (χ4n) is 2.28. The molecule has 2 aromatic rings. The highest BCUT2D eigenvalue weighted by atomic mass is 32.2. The van der Waals surface area contributed by atoms with Gasteiger partial charge in [0, 0.05) is 6.07 Å². The van der Waals surface area contributed by atoms with Crippen molar-refractivity contribution in [2.75, 3.05) is 17.6 Å². The van der Waals surface area contributed by atoms with Gasteiger partial charge in [0.2, 0.25) is 15.9 Å². The van der Waals surface area contributed by atoms with Gasteiger partial charge in [-0.1, -0.05) is 50.2 Å². The zero-order chi connectivity index (χ0) is 19.4. The van der Waals surface area contributed by atoms with Gasteiger partial charge in [-0.15, -0.1) is 0 Å². The van der Waals surface area contributed by atoms with Gasteiger partial charge in [-0.05, 0) is 29.9 Å². The number of carbonyl (C=O) groups excluding carboxylic acids is 1. The quantitative estimate of drug-likeness (QED) is 0.769. The maximum Gasteiger partial charge on any atom is 0.240 e. The van der Waals surface area contributed by atoms with E-state index in [1.165, 1.54) is 5.56 Å². The minimum atomic E-state index is -3.56. The van der Waals surface area contributed by atoms with Crippen LogP contribution in [0.15, 0.2) is 34.9 Å². The van der Waals surface area contributed by atoms with Crippen LogP contribution < -0.4 is 10.0 Å². The number of benzene rings is 1. The maximum absolute atomic E-state index is 12.1. The monoisotopic (exact) mass is 379 g/mol. The van der Waals surface area contributed by atoms with Gasteiger partial charge in [0.15, 0.2) is 5.82 Å². The number of amides is 1. The van der Waals surface area contributed by atoms with E-state index in [-0.39, 0.29) is 23.5 Å². The van der Waals surface area contributed by atoms with Crippen LogP contribution in [-0.2, 0) is 26.7 Å². The second kappa shape index (κ2) is 8.01. The van der Waals surface area contributed by atoms with E-state index in [2.05, 4.69) is 36.0 Å². The highest BCUT2D eigenvalue weighted by Gasteiger charge is 2.15. The molecule has 8 heteroatoms. The first-order valence-electron chi connectivity index (χ1n) is 8.35. The molecule has 26 heavy (non-hydrogen) atoms. The number of sulfonamides is 1. The second-order valence-electron chi connectivity index (χ2n) is 7.21. The first kappa shape index (κ1) is 20.1. The number of anilines is 1. The molecule has 1 heterocycles. The molecule has 0 aliphatic rings. The summed E-state index contributed by atoms with van der Waals surface area (Å²) in [7, 11) is -3.56. The topological polar surface area (TPSA) is 101 Å². The summed E-state index contributed by atoms with van der Waals surface area (Å²) >= 11 is 0.